The largest absolute Gasteiger partial charge is 0.478 e. The van der Waals surface area contributed by atoms with Crippen LogP contribution in [0.4, 0.5) is 5.69 Å². The van der Waals surface area contributed by atoms with Gasteiger partial charge < -0.3 is 20.3 Å². The Labute approximate surface area is 111 Å². The molecule has 6 nitrogen and oxygen atoms in total. The van der Waals surface area contributed by atoms with E-state index >= 15 is 0 Å². The zero-order valence-electron chi connectivity index (χ0n) is 10.8. The van der Waals surface area contributed by atoms with E-state index in [1.54, 1.807) is 7.11 Å². The number of nitrogens with two attached hydrogens (primary N) is 1. The fraction of sp³-hybridized carbons (Fsp3) is 0.538. The average molecular weight is 266 g/mol. The molecule has 2 atom stereocenters. The number of aromatic nitrogens is 1. The van der Waals surface area contributed by atoms with Crippen LogP contribution in [0.25, 0.3) is 0 Å². The van der Waals surface area contributed by atoms with E-state index in [-0.39, 0.29) is 23.5 Å². The van der Waals surface area contributed by atoms with Gasteiger partial charge in [0.1, 0.15) is 6.10 Å². The van der Waals surface area contributed by atoms with Gasteiger partial charge in [0.2, 0.25) is 5.88 Å². The summed E-state index contributed by atoms with van der Waals surface area (Å²) in [6.07, 6.45) is 5.31. The first-order valence-electron chi connectivity index (χ1n) is 6.28. The Morgan fingerprint density at radius 1 is 1.47 bits per heavy atom. The monoisotopic (exact) mass is 266 g/mol. The van der Waals surface area contributed by atoms with E-state index in [0.29, 0.717) is 5.88 Å². The maximum absolute atomic E-state index is 11.0. The molecule has 104 valence electrons. The van der Waals surface area contributed by atoms with Crippen LogP contribution in [-0.2, 0) is 4.74 Å². The molecular formula is C13H18N2O4. The minimum Gasteiger partial charge on any atom is -0.478 e. The highest BCUT2D eigenvalue weighted by Gasteiger charge is 2.23. The smallest absolute Gasteiger partial charge is 0.338 e. The fourth-order valence-corrected chi connectivity index (χ4v) is 2.29. The summed E-state index contributed by atoms with van der Waals surface area (Å²) in [6, 6.07) is 1.37. The average Bonchev–Trinajstić information content (AvgIpc) is 2.41. The Morgan fingerprint density at radius 3 is 2.89 bits per heavy atom. The molecule has 0 bridgehead atoms. The quantitative estimate of drug-likeness (QED) is 0.861. The Bertz CT molecular complexity index is 464. The predicted molar refractivity (Wildman–Crippen MR) is 69.3 cm³/mol. The highest BCUT2D eigenvalue weighted by atomic mass is 16.5. The van der Waals surface area contributed by atoms with Crippen molar-refractivity contribution in [3.63, 3.8) is 0 Å². The minimum atomic E-state index is -1.08. The molecule has 0 radical (unpaired) electrons. The number of nitrogens with zero attached hydrogens (tertiary/aromatic N) is 1. The van der Waals surface area contributed by atoms with Crippen molar-refractivity contribution in [2.24, 2.45) is 0 Å². The number of ether oxygens (including phenoxy) is 2. The van der Waals surface area contributed by atoms with Crippen LogP contribution < -0.4 is 10.5 Å². The predicted octanol–water partition coefficient (Wildman–Crippen LogP) is 1.70. The molecule has 2 unspecified atom stereocenters. The van der Waals surface area contributed by atoms with E-state index in [9.17, 15) is 4.79 Å². The lowest BCUT2D eigenvalue weighted by atomic mass is 9.95. The van der Waals surface area contributed by atoms with Crippen molar-refractivity contribution in [2.45, 2.75) is 37.9 Å². The molecule has 1 aliphatic rings. The highest BCUT2D eigenvalue weighted by Crippen LogP contribution is 2.25. The summed E-state index contributed by atoms with van der Waals surface area (Å²) in [4.78, 5) is 15.0. The van der Waals surface area contributed by atoms with Gasteiger partial charge >= 0.3 is 5.97 Å². The van der Waals surface area contributed by atoms with Crippen molar-refractivity contribution < 1.29 is 19.4 Å². The van der Waals surface area contributed by atoms with Gasteiger partial charge in [-0.2, -0.15) is 0 Å². The number of methoxy groups -OCH3 is 1. The van der Waals surface area contributed by atoms with Gasteiger partial charge in [-0.3, -0.25) is 0 Å². The molecule has 0 spiro atoms. The fourth-order valence-electron chi connectivity index (χ4n) is 2.29. The molecule has 1 fully saturated rings. The Morgan fingerprint density at radius 2 is 2.21 bits per heavy atom. The van der Waals surface area contributed by atoms with Gasteiger partial charge in [0.05, 0.1) is 23.6 Å². The van der Waals surface area contributed by atoms with Gasteiger partial charge in [-0.05, 0) is 19.3 Å². The number of carboxylic acids is 1. The van der Waals surface area contributed by atoms with Crippen molar-refractivity contribution in [2.75, 3.05) is 12.8 Å². The standard InChI is InChI=1S/C13H18N2O4/c1-18-8-3-2-4-9(5-8)19-12-6-10(13(16)17)11(14)7-15-12/h6-9H,2-5,14H2,1H3,(H,16,17). The Balaban J connectivity index is 2.06. The second kappa shape index (κ2) is 5.88. The first-order valence-corrected chi connectivity index (χ1v) is 6.28. The molecular weight excluding hydrogens is 248 g/mol. The van der Waals surface area contributed by atoms with Gasteiger partial charge in [-0.1, -0.05) is 0 Å². The molecule has 0 saturated heterocycles. The van der Waals surface area contributed by atoms with Crippen molar-refractivity contribution in [3.8, 4) is 5.88 Å². The lowest BCUT2D eigenvalue weighted by Gasteiger charge is -2.28. The summed E-state index contributed by atoms with van der Waals surface area (Å²) in [6.45, 7) is 0. The van der Waals surface area contributed by atoms with Gasteiger partial charge in [-0.15, -0.1) is 0 Å². The lowest BCUT2D eigenvalue weighted by molar-refractivity contribution is 0.0194. The molecule has 1 heterocycles. The van der Waals surface area contributed by atoms with Gasteiger partial charge in [0.25, 0.3) is 0 Å². The molecule has 19 heavy (non-hydrogen) atoms. The van der Waals surface area contributed by atoms with Crippen molar-refractivity contribution >= 4 is 11.7 Å². The third kappa shape index (κ3) is 3.35. The number of rotatable bonds is 4. The summed E-state index contributed by atoms with van der Waals surface area (Å²) in [7, 11) is 1.69. The van der Waals surface area contributed by atoms with E-state index in [2.05, 4.69) is 4.98 Å². The summed E-state index contributed by atoms with van der Waals surface area (Å²) in [5.41, 5.74) is 5.70. The number of aromatic carboxylic acids is 1. The molecule has 0 aromatic carbocycles. The van der Waals surface area contributed by atoms with E-state index < -0.39 is 5.97 Å². The zero-order valence-corrected chi connectivity index (χ0v) is 10.8. The maximum atomic E-state index is 11.0. The SMILES string of the molecule is COC1CCCC(Oc2cc(C(=O)O)c(N)cn2)C1. The van der Waals surface area contributed by atoms with Crippen molar-refractivity contribution in [3.05, 3.63) is 17.8 Å². The third-order valence-corrected chi connectivity index (χ3v) is 3.34. The summed E-state index contributed by atoms with van der Waals surface area (Å²) < 4.78 is 11.0. The normalized spacial score (nSPS) is 23.0. The molecule has 6 heteroatoms. The second-order valence-corrected chi connectivity index (χ2v) is 4.68. The lowest BCUT2D eigenvalue weighted by Crippen LogP contribution is -2.29. The number of hydrogen-bond acceptors (Lipinski definition) is 5. The highest BCUT2D eigenvalue weighted by molar-refractivity contribution is 5.93. The first kappa shape index (κ1) is 13.6. The van der Waals surface area contributed by atoms with Gasteiger partial charge in [-0.25, -0.2) is 9.78 Å². The van der Waals surface area contributed by atoms with Gasteiger partial charge in [0, 0.05) is 19.6 Å². The molecule has 1 saturated carbocycles. The zero-order chi connectivity index (χ0) is 13.8. The van der Waals surface area contributed by atoms with Crippen LogP contribution in [0, 0.1) is 0 Å². The van der Waals surface area contributed by atoms with Crippen LogP contribution in [0.2, 0.25) is 0 Å². The van der Waals surface area contributed by atoms with Crippen LogP contribution in [0.1, 0.15) is 36.0 Å². The van der Waals surface area contributed by atoms with Crippen LogP contribution in [0.5, 0.6) is 5.88 Å². The van der Waals surface area contributed by atoms with Crippen LogP contribution in [0.15, 0.2) is 12.3 Å². The minimum absolute atomic E-state index is 0.0106. The molecule has 3 N–H and O–H groups in total. The number of carboxylic acid groups (broad SMARTS) is 1. The number of nitrogen functional groups attached to an aromatic ring is 1. The third-order valence-electron chi connectivity index (χ3n) is 3.34. The van der Waals surface area contributed by atoms with Crippen LogP contribution >= 0.6 is 0 Å². The molecule has 1 aromatic heterocycles. The summed E-state index contributed by atoms with van der Waals surface area (Å²) in [5.74, 6) is -0.781. The number of anilines is 1. The van der Waals surface area contributed by atoms with E-state index in [1.807, 2.05) is 0 Å². The van der Waals surface area contributed by atoms with E-state index in [1.165, 1.54) is 12.3 Å². The van der Waals surface area contributed by atoms with E-state index in [0.717, 1.165) is 25.7 Å². The van der Waals surface area contributed by atoms with Crippen LogP contribution in [-0.4, -0.2) is 35.4 Å². The first-order chi connectivity index (χ1) is 9.10. The Kier molecular flexibility index (Phi) is 4.21. The molecule has 0 amide bonds. The van der Waals surface area contributed by atoms with E-state index in [4.69, 9.17) is 20.3 Å². The molecule has 1 aliphatic carbocycles. The maximum Gasteiger partial charge on any atom is 0.338 e. The van der Waals surface area contributed by atoms with Crippen molar-refractivity contribution in [1.29, 1.82) is 0 Å². The number of hydrogen-bond donors (Lipinski definition) is 2. The van der Waals surface area contributed by atoms with Crippen molar-refractivity contribution in [1.82, 2.24) is 4.98 Å². The summed E-state index contributed by atoms with van der Waals surface area (Å²) >= 11 is 0. The molecule has 0 aliphatic heterocycles. The molecule has 2 rings (SSSR count). The molecule has 1 aromatic rings. The second-order valence-electron chi connectivity index (χ2n) is 4.68. The number of carbonyl (C=O) groups is 1. The van der Waals surface area contributed by atoms with Crippen LogP contribution in [0.3, 0.4) is 0 Å². The Hall–Kier alpha value is -1.82. The summed E-state index contributed by atoms with van der Waals surface area (Å²) in [5, 5.41) is 8.99. The number of pyridine rings is 1. The topological polar surface area (TPSA) is 94.7 Å². The van der Waals surface area contributed by atoms with Gasteiger partial charge in [0.15, 0.2) is 0 Å².